The summed E-state index contributed by atoms with van der Waals surface area (Å²) < 4.78 is 5.34. The molecule has 2 aromatic rings. The first kappa shape index (κ1) is 23.1. The van der Waals surface area contributed by atoms with Crippen molar-refractivity contribution in [2.45, 2.75) is 50.0 Å². The number of aromatic nitrogens is 1. The minimum Gasteiger partial charge on any atom is -0.383 e. The maximum absolute atomic E-state index is 13.8. The molecule has 2 unspecified atom stereocenters. The van der Waals surface area contributed by atoms with Crippen LogP contribution >= 0.6 is 0 Å². The largest absolute Gasteiger partial charge is 0.383 e. The Labute approximate surface area is 194 Å². The van der Waals surface area contributed by atoms with E-state index in [1.165, 1.54) is 4.90 Å². The van der Waals surface area contributed by atoms with Crippen LogP contribution in [0.5, 0.6) is 0 Å². The Balaban J connectivity index is 1.59. The van der Waals surface area contributed by atoms with Gasteiger partial charge in [-0.05, 0) is 37.0 Å². The van der Waals surface area contributed by atoms with Gasteiger partial charge in [-0.2, -0.15) is 0 Å². The second kappa shape index (κ2) is 10.3. The van der Waals surface area contributed by atoms with Crippen molar-refractivity contribution in [3.63, 3.8) is 0 Å². The van der Waals surface area contributed by atoms with Crippen LogP contribution in [0.15, 0.2) is 54.7 Å². The molecule has 2 fully saturated rings. The normalized spacial score (nSPS) is 23.2. The Morgan fingerprint density at radius 1 is 1.12 bits per heavy atom. The Bertz CT molecular complexity index is 980. The summed E-state index contributed by atoms with van der Waals surface area (Å²) in [5.41, 5.74) is 0.369. The Morgan fingerprint density at radius 3 is 2.64 bits per heavy atom. The van der Waals surface area contributed by atoms with Crippen LogP contribution < -0.4 is 0 Å². The van der Waals surface area contributed by atoms with Crippen LogP contribution in [0.25, 0.3) is 0 Å². The molecular weight excluding hydrogens is 418 g/mol. The number of rotatable bonds is 8. The van der Waals surface area contributed by atoms with E-state index in [4.69, 9.17) is 4.74 Å². The topological polar surface area (TPSA) is 79.8 Å². The van der Waals surface area contributed by atoms with Gasteiger partial charge in [0.2, 0.25) is 17.7 Å². The van der Waals surface area contributed by atoms with Gasteiger partial charge in [-0.3, -0.25) is 24.3 Å². The first-order chi connectivity index (χ1) is 16.0. The average molecular weight is 450 g/mol. The Kier molecular flexibility index (Phi) is 7.18. The maximum atomic E-state index is 13.8. The van der Waals surface area contributed by atoms with Gasteiger partial charge in [-0.1, -0.05) is 36.4 Å². The van der Waals surface area contributed by atoms with Crippen molar-refractivity contribution in [1.29, 1.82) is 0 Å². The summed E-state index contributed by atoms with van der Waals surface area (Å²) in [6, 6.07) is 14.9. The lowest BCUT2D eigenvalue weighted by Crippen LogP contribution is -2.49. The summed E-state index contributed by atoms with van der Waals surface area (Å²) in [7, 11) is 1.64. The molecule has 2 aliphatic rings. The minimum absolute atomic E-state index is 0.00654. The second-order valence-electron chi connectivity index (χ2n) is 8.92. The fourth-order valence-electron chi connectivity index (χ4n) is 5.08. The first-order valence-electron chi connectivity index (χ1n) is 11.6. The highest BCUT2D eigenvalue weighted by atomic mass is 16.5. The van der Waals surface area contributed by atoms with E-state index in [2.05, 4.69) is 4.98 Å². The number of carbonyl (C=O) groups excluding carboxylic acids is 3. The zero-order valence-corrected chi connectivity index (χ0v) is 19.1. The van der Waals surface area contributed by atoms with Crippen molar-refractivity contribution in [3.8, 4) is 0 Å². The molecule has 7 nitrogen and oxygen atoms in total. The molecule has 0 radical (unpaired) electrons. The summed E-state index contributed by atoms with van der Waals surface area (Å²) in [6.45, 7) is 1.39. The quantitative estimate of drug-likeness (QED) is 0.579. The van der Waals surface area contributed by atoms with Crippen LogP contribution in [-0.2, 0) is 31.0 Å². The van der Waals surface area contributed by atoms with E-state index >= 15 is 0 Å². The summed E-state index contributed by atoms with van der Waals surface area (Å²) in [5, 5.41) is 0. The van der Waals surface area contributed by atoms with Crippen molar-refractivity contribution in [2.24, 2.45) is 0 Å². The molecule has 1 aromatic heterocycles. The average Bonchev–Trinajstić information content (AvgIpc) is 3.09. The highest BCUT2D eigenvalue weighted by molar-refractivity contribution is 6.10. The molecule has 2 aliphatic heterocycles. The van der Waals surface area contributed by atoms with E-state index in [9.17, 15) is 14.4 Å². The van der Waals surface area contributed by atoms with Gasteiger partial charge < -0.3 is 9.64 Å². The first-order valence-corrected chi connectivity index (χ1v) is 11.6. The van der Waals surface area contributed by atoms with Crippen molar-refractivity contribution >= 4 is 17.7 Å². The smallest absolute Gasteiger partial charge is 0.240 e. The van der Waals surface area contributed by atoms with Crippen molar-refractivity contribution in [3.05, 3.63) is 66.0 Å². The van der Waals surface area contributed by atoms with Crippen molar-refractivity contribution < 1.29 is 19.1 Å². The number of carbonyl (C=O) groups is 3. The number of benzene rings is 1. The fraction of sp³-hybridized carbons (Fsp3) is 0.462. The minimum atomic E-state index is -1.17. The molecule has 3 heterocycles. The lowest BCUT2D eigenvalue weighted by atomic mass is 9.75. The number of hydrogen-bond donors (Lipinski definition) is 0. The summed E-state index contributed by atoms with van der Waals surface area (Å²) in [4.78, 5) is 47.8. The summed E-state index contributed by atoms with van der Waals surface area (Å²) in [5.74, 6) is -0.615. The van der Waals surface area contributed by atoms with Gasteiger partial charge in [-0.25, -0.2) is 0 Å². The highest BCUT2D eigenvalue weighted by Crippen LogP contribution is 2.40. The SMILES string of the molecule is COCC1CCCCN1C(=O)CC1(c2ccccc2)CC(=O)N(CCc2ccccn2)C1=O. The van der Waals surface area contributed by atoms with Gasteiger partial charge in [0.15, 0.2) is 0 Å². The maximum Gasteiger partial charge on any atom is 0.240 e. The Morgan fingerprint density at radius 2 is 1.91 bits per heavy atom. The number of nitrogens with zero attached hydrogens (tertiary/aromatic N) is 3. The van der Waals surface area contributed by atoms with E-state index in [-0.39, 0.29) is 43.1 Å². The van der Waals surface area contributed by atoms with Crippen LogP contribution in [0.4, 0.5) is 0 Å². The summed E-state index contributed by atoms with van der Waals surface area (Å²) >= 11 is 0. The highest BCUT2D eigenvalue weighted by Gasteiger charge is 2.54. The molecule has 2 atom stereocenters. The molecular formula is C26H31N3O4. The molecule has 0 N–H and O–H groups in total. The number of hydrogen-bond acceptors (Lipinski definition) is 5. The molecule has 4 rings (SSSR count). The third kappa shape index (κ3) is 4.83. The van der Waals surface area contributed by atoms with Crippen LogP contribution in [0, 0.1) is 0 Å². The molecule has 2 saturated heterocycles. The predicted octanol–water partition coefficient (Wildman–Crippen LogP) is 2.74. The molecule has 7 heteroatoms. The van der Waals surface area contributed by atoms with Gasteiger partial charge in [-0.15, -0.1) is 0 Å². The van der Waals surface area contributed by atoms with Crippen molar-refractivity contribution in [2.75, 3.05) is 26.8 Å². The number of pyridine rings is 1. The van der Waals surface area contributed by atoms with Crippen molar-refractivity contribution in [1.82, 2.24) is 14.8 Å². The van der Waals surface area contributed by atoms with E-state index in [1.54, 1.807) is 13.3 Å². The molecule has 33 heavy (non-hydrogen) atoms. The number of methoxy groups -OCH3 is 1. The lowest BCUT2D eigenvalue weighted by molar-refractivity contribution is -0.144. The third-order valence-corrected chi connectivity index (χ3v) is 6.81. The van der Waals surface area contributed by atoms with Crippen LogP contribution in [-0.4, -0.2) is 65.4 Å². The molecule has 0 saturated carbocycles. The summed E-state index contributed by atoms with van der Waals surface area (Å²) in [6.07, 6.45) is 5.06. The molecule has 0 spiro atoms. The predicted molar refractivity (Wildman–Crippen MR) is 123 cm³/mol. The van der Waals surface area contributed by atoms with E-state index < -0.39 is 5.41 Å². The standard InChI is InChI=1S/C26H31N3O4/c1-33-19-22-12-6-8-15-28(22)23(30)17-26(20-9-3-2-4-10-20)18-24(31)29(25(26)32)16-13-21-11-5-7-14-27-21/h2-5,7,9-11,14,22H,6,8,12-13,15-19H2,1H3. The molecule has 0 aliphatic carbocycles. The Hall–Kier alpha value is -3.06. The van der Waals surface area contributed by atoms with Gasteiger partial charge in [0.05, 0.1) is 18.1 Å². The molecule has 3 amide bonds. The van der Waals surface area contributed by atoms with Crippen LogP contribution in [0.2, 0.25) is 0 Å². The zero-order valence-electron chi connectivity index (χ0n) is 19.1. The monoisotopic (exact) mass is 449 g/mol. The molecule has 174 valence electrons. The third-order valence-electron chi connectivity index (χ3n) is 6.81. The number of ether oxygens (including phenoxy) is 1. The van der Waals surface area contributed by atoms with E-state index in [0.29, 0.717) is 19.6 Å². The number of amides is 3. The number of likely N-dealkylation sites (tertiary alicyclic amines) is 2. The second-order valence-corrected chi connectivity index (χ2v) is 8.92. The van der Waals surface area contributed by atoms with Gasteiger partial charge in [0.25, 0.3) is 0 Å². The van der Waals surface area contributed by atoms with Gasteiger partial charge >= 0.3 is 0 Å². The van der Waals surface area contributed by atoms with Crippen LogP contribution in [0.3, 0.4) is 0 Å². The lowest BCUT2D eigenvalue weighted by Gasteiger charge is -2.37. The van der Waals surface area contributed by atoms with Crippen LogP contribution in [0.1, 0.15) is 43.4 Å². The molecule has 0 bridgehead atoms. The van der Waals surface area contributed by atoms with Gasteiger partial charge in [0.1, 0.15) is 0 Å². The number of piperidine rings is 1. The fourth-order valence-corrected chi connectivity index (χ4v) is 5.08. The molecule has 1 aromatic carbocycles. The van der Waals surface area contributed by atoms with E-state index in [1.807, 2.05) is 53.4 Å². The number of imide groups is 1. The van der Waals surface area contributed by atoms with E-state index in [0.717, 1.165) is 30.5 Å². The van der Waals surface area contributed by atoms with Gasteiger partial charge in [0, 0.05) is 51.4 Å². The zero-order chi connectivity index (χ0) is 23.3.